The largest absolute Gasteiger partial charge is 0.456 e. The lowest BCUT2D eigenvalue weighted by molar-refractivity contribution is 0.669. The van der Waals surface area contributed by atoms with Gasteiger partial charge in [-0.15, -0.1) is 0 Å². The Morgan fingerprint density at radius 1 is 0.480 bits per heavy atom. The van der Waals surface area contributed by atoms with Crippen molar-refractivity contribution in [3.05, 3.63) is 170 Å². The van der Waals surface area contributed by atoms with Gasteiger partial charge in [-0.05, 0) is 146 Å². The fourth-order valence-electron chi connectivity index (χ4n) is 7.50. The van der Waals surface area contributed by atoms with Crippen LogP contribution in [0.2, 0.25) is 0 Å². The summed E-state index contributed by atoms with van der Waals surface area (Å²) in [7, 11) is 0. The van der Waals surface area contributed by atoms with Gasteiger partial charge in [0.05, 0.1) is 23.5 Å². The van der Waals surface area contributed by atoms with Crippen molar-refractivity contribution < 1.29 is 4.42 Å². The molecule has 232 valence electrons. The summed E-state index contributed by atoms with van der Waals surface area (Å²) >= 11 is 0. The average Bonchev–Trinajstić information content (AvgIpc) is 3.56. The molecule has 0 radical (unpaired) electrons. The van der Waals surface area contributed by atoms with E-state index in [1.165, 1.54) is 43.4 Å². The van der Waals surface area contributed by atoms with Crippen molar-refractivity contribution in [2.45, 2.75) is 0 Å². The van der Waals surface area contributed by atoms with Gasteiger partial charge >= 0.3 is 0 Å². The SMILES string of the molecule is N#Cc1ccc(N(c2ccc(-c3cc4ccc5cc(-c6ccc7c(c6)oc6ccccc67)cc6ccc(c3)c4c56)cc2)c2cccnc2)cc1. The van der Waals surface area contributed by atoms with Gasteiger partial charge in [0.1, 0.15) is 11.2 Å². The molecule has 0 spiro atoms. The van der Waals surface area contributed by atoms with Crippen LogP contribution in [-0.2, 0) is 0 Å². The first-order chi connectivity index (χ1) is 24.7. The highest BCUT2D eigenvalue weighted by Gasteiger charge is 2.16. The van der Waals surface area contributed by atoms with Gasteiger partial charge in [-0.3, -0.25) is 4.98 Å². The fourth-order valence-corrected chi connectivity index (χ4v) is 7.50. The standard InChI is InChI=1S/C46H27N3O/c47-27-29-7-16-38(17-8-29)49(40-4-3-21-48-28-40)39-18-13-30(14-19-39)36-22-32-9-11-34-24-37(25-35-12-10-33(23-36)45(32)46(34)35)31-15-20-42-41-5-1-2-6-43(41)50-44(42)26-31/h1-26,28H. The van der Waals surface area contributed by atoms with Gasteiger partial charge in [-0.1, -0.05) is 60.7 Å². The second kappa shape index (κ2) is 11.1. The van der Waals surface area contributed by atoms with Crippen LogP contribution in [-0.4, -0.2) is 4.98 Å². The number of para-hydroxylation sites is 1. The maximum atomic E-state index is 9.32. The molecule has 4 heteroatoms. The third-order valence-electron chi connectivity index (χ3n) is 9.86. The second-order valence-electron chi connectivity index (χ2n) is 12.8. The molecule has 0 atom stereocenters. The van der Waals surface area contributed by atoms with Crippen LogP contribution in [0.1, 0.15) is 5.56 Å². The average molecular weight is 638 g/mol. The summed E-state index contributed by atoms with van der Waals surface area (Å²) in [4.78, 5) is 6.52. The first-order valence-corrected chi connectivity index (χ1v) is 16.7. The molecule has 0 aliphatic carbocycles. The van der Waals surface area contributed by atoms with Gasteiger partial charge < -0.3 is 9.32 Å². The number of pyridine rings is 1. The zero-order chi connectivity index (χ0) is 33.2. The molecule has 10 rings (SSSR count). The van der Waals surface area contributed by atoms with Crippen molar-refractivity contribution in [2.75, 3.05) is 4.90 Å². The highest BCUT2D eigenvalue weighted by molar-refractivity contribution is 6.24. The van der Waals surface area contributed by atoms with Crippen molar-refractivity contribution in [3.8, 4) is 28.3 Å². The molecule has 0 saturated heterocycles. The highest BCUT2D eigenvalue weighted by Crippen LogP contribution is 2.41. The molecule has 0 saturated carbocycles. The molecule has 0 fully saturated rings. The van der Waals surface area contributed by atoms with E-state index in [4.69, 9.17) is 4.42 Å². The summed E-state index contributed by atoms with van der Waals surface area (Å²) < 4.78 is 6.21. The molecular weight excluding hydrogens is 611 g/mol. The maximum absolute atomic E-state index is 9.32. The number of aromatic nitrogens is 1. The lowest BCUT2D eigenvalue weighted by Crippen LogP contribution is -2.10. The zero-order valence-corrected chi connectivity index (χ0v) is 26.8. The first-order valence-electron chi connectivity index (χ1n) is 16.7. The van der Waals surface area contributed by atoms with Gasteiger partial charge in [0.15, 0.2) is 0 Å². The normalized spacial score (nSPS) is 11.6. The van der Waals surface area contributed by atoms with Gasteiger partial charge in [0, 0.05) is 28.3 Å². The third kappa shape index (κ3) is 4.49. The lowest BCUT2D eigenvalue weighted by Gasteiger charge is -2.25. The van der Waals surface area contributed by atoms with Crippen molar-refractivity contribution in [1.29, 1.82) is 5.26 Å². The molecule has 0 N–H and O–H groups in total. The molecule has 50 heavy (non-hydrogen) atoms. The summed E-state index contributed by atoms with van der Waals surface area (Å²) in [5.41, 5.74) is 10.0. The van der Waals surface area contributed by atoms with Crippen LogP contribution in [0.25, 0.3) is 76.5 Å². The third-order valence-corrected chi connectivity index (χ3v) is 9.86. The van der Waals surface area contributed by atoms with Gasteiger partial charge in [0.2, 0.25) is 0 Å². The van der Waals surface area contributed by atoms with Gasteiger partial charge in [-0.2, -0.15) is 5.26 Å². The number of anilines is 3. The number of rotatable bonds is 5. The van der Waals surface area contributed by atoms with Gasteiger partial charge in [0.25, 0.3) is 0 Å². The Kier molecular flexibility index (Phi) is 6.21. The Balaban J connectivity index is 1.03. The van der Waals surface area contributed by atoms with Crippen LogP contribution in [0.4, 0.5) is 17.1 Å². The molecule has 0 amide bonds. The number of furan rings is 1. The molecule has 0 bridgehead atoms. The van der Waals surface area contributed by atoms with Crippen LogP contribution < -0.4 is 4.90 Å². The molecule has 10 aromatic rings. The summed E-state index contributed by atoms with van der Waals surface area (Å²) in [6.45, 7) is 0. The van der Waals surface area contributed by atoms with Crippen LogP contribution in [0.3, 0.4) is 0 Å². The molecule has 4 nitrogen and oxygen atoms in total. The predicted octanol–water partition coefficient (Wildman–Crippen LogP) is 12.6. The Bertz CT molecular complexity index is 2850. The van der Waals surface area contributed by atoms with E-state index in [-0.39, 0.29) is 0 Å². The monoisotopic (exact) mass is 637 g/mol. The smallest absolute Gasteiger partial charge is 0.136 e. The van der Waals surface area contributed by atoms with E-state index in [0.717, 1.165) is 50.1 Å². The quantitative estimate of drug-likeness (QED) is 0.176. The number of nitriles is 1. The Labute approximate surface area is 288 Å². The Morgan fingerprint density at radius 3 is 1.68 bits per heavy atom. The minimum atomic E-state index is 0.630. The molecule has 2 heterocycles. The number of hydrogen-bond acceptors (Lipinski definition) is 4. The fraction of sp³-hybridized carbons (Fsp3) is 0. The number of nitrogens with zero attached hydrogens (tertiary/aromatic N) is 3. The van der Waals surface area contributed by atoms with Crippen molar-refractivity contribution >= 4 is 71.3 Å². The number of benzene rings is 8. The van der Waals surface area contributed by atoms with E-state index in [2.05, 4.69) is 119 Å². The van der Waals surface area contributed by atoms with E-state index >= 15 is 0 Å². The van der Waals surface area contributed by atoms with E-state index in [1.807, 2.05) is 54.7 Å². The van der Waals surface area contributed by atoms with Crippen molar-refractivity contribution in [2.24, 2.45) is 0 Å². The van der Waals surface area contributed by atoms with E-state index in [0.29, 0.717) is 5.56 Å². The summed E-state index contributed by atoms with van der Waals surface area (Å²) in [5.74, 6) is 0. The molecule has 0 unspecified atom stereocenters. The Hall–Kier alpha value is -6.96. The van der Waals surface area contributed by atoms with Crippen molar-refractivity contribution in [3.63, 3.8) is 0 Å². The number of hydrogen-bond donors (Lipinski definition) is 0. The molecule has 0 aliphatic rings. The van der Waals surface area contributed by atoms with Crippen LogP contribution in [0.5, 0.6) is 0 Å². The molecule has 8 aromatic carbocycles. The van der Waals surface area contributed by atoms with Crippen molar-refractivity contribution in [1.82, 2.24) is 4.98 Å². The van der Waals surface area contributed by atoms with E-state index in [1.54, 1.807) is 6.20 Å². The molecular formula is C46H27N3O. The highest BCUT2D eigenvalue weighted by atomic mass is 16.3. The topological polar surface area (TPSA) is 53.1 Å². The van der Waals surface area contributed by atoms with Crippen LogP contribution in [0, 0.1) is 11.3 Å². The zero-order valence-electron chi connectivity index (χ0n) is 26.8. The minimum absolute atomic E-state index is 0.630. The maximum Gasteiger partial charge on any atom is 0.136 e. The lowest BCUT2D eigenvalue weighted by atomic mass is 9.89. The Morgan fingerprint density at radius 2 is 1.06 bits per heavy atom. The summed E-state index contributed by atoms with van der Waals surface area (Å²) in [6, 6.07) is 55.5. The predicted molar refractivity (Wildman–Crippen MR) is 205 cm³/mol. The van der Waals surface area contributed by atoms with E-state index in [9.17, 15) is 5.26 Å². The molecule has 2 aromatic heterocycles. The minimum Gasteiger partial charge on any atom is -0.456 e. The summed E-state index contributed by atoms with van der Waals surface area (Å²) in [5, 5.41) is 19.1. The van der Waals surface area contributed by atoms with Gasteiger partial charge in [-0.25, -0.2) is 0 Å². The molecule has 0 aliphatic heterocycles. The summed E-state index contributed by atoms with van der Waals surface area (Å²) in [6.07, 6.45) is 3.63. The van der Waals surface area contributed by atoms with Crippen LogP contribution in [0.15, 0.2) is 168 Å². The van der Waals surface area contributed by atoms with E-state index < -0.39 is 0 Å². The number of fused-ring (bicyclic) bond motifs is 3. The van der Waals surface area contributed by atoms with Crippen LogP contribution >= 0.6 is 0 Å². The first kappa shape index (κ1) is 28.1. The second-order valence-corrected chi connectivity index (χ2v) is 12.8.